The van der Waals surface area contributed by atoms with Gasteiger partial charge in [0.05, 0.1) is 51.0 Å². The van der Waals surface area contributed by atoms with Crippen molar-refractivity contribution >= 4 is 15.2 Å². The zero-order chi connectivity index (χ0) is 17.3. The highest BCUT2D eigenvalue weighted by Crippen LogP contribution is 2.53. The minimum absolute atomic E-state index is 0.221. The lowest BCUT2D eigenvalue weighted by molar-refractivity contribution is 0.0607. The SMILES string of the molecule is CCOP(=O)(C[C@@H]1CC[C@@H](CP(=O)(OCC)OCC)O1)OCC. The van der Waals surface area contributed by atoms with Crippen molar-refractivity contribution in [3.05, 3.63) is 0 Å². The molecule has 2 atom stereocenters. The summed E-state index contributed by atoms with van der Waals surface area (Å²) in [4.78, 5) is 0. The molecule has 23 heavy (non-hydrogen) atoms. The molecule has 0 saturated carbocycles. The summed E-state index contributed by atoms with van der Waals surface area (Å²) >= 11 is 0. The summed E-state index contributed by atoms with van der Waals surface area (Å²) in [6.45, 7) is 8.45. The molecule has 0 aromatic rings. The van der Waals surface area contributed by atoms with Crippen molar-refractivity contribution in [2.75, 3.05) is 38.8 Å². The van der Waals surface area contributed by atoms with Gasteiger partial charge in [-0.25, -0.2) is 0 Å². The summed E-state index contributed by atoms with van der Waals surface area (Å²) in [7, 11) is -6.26. The van der Waals surface area contributed by atoms with E-state index in [0.29, 0.717) is 26.4 Å². The highest BCUT2D eigenvalue weighted by Gasteiger charge is 2.38. The van der Waals surface area contributed by atoms with Crippen LogP contribution in [0.5, 0.6) is 0 Å². The Morgan fingerprint density at radius 2 is 1.04 bits per heavy atom. The average molecular weight is 372 g/mol. The van der Waals surface area contributed by atoms with Crippen LogP contribution in [0.3, 0.4) is 0 Å². The minimum Gasteiger partial charge on any atom is -0.374 e. The van der Waals surface area contributed by atoms with Crippen LogP contribution in [0.4, 0.5) is 0 Å². The van der Waals surface area contributed by atoms with Gasteiger partial charge in [0.25, 0.3) is 0 Å². The van der Waals surface area contributed by atoms with E-state index in [1.54, 1.807) is 27.7 Å². The fraction of sp³-hybridized carbons (Fsp3) is 1.00. The molecule has 0 radical (unpaired) electrons. The molecule has 0 aromatic carbocycles. The summed E-state index contributed by atoms with van der Waals surface area (Å²) in [5, 5.41) is 0. The zero-order valence-electron chi connectivity index (χ0n) is 14.6. The minimum atomic E-state index is -3.13. The van der Waals surface area contributed by atoms with Gasteiger partial charge in [-0.15, -0.1) is 0 Å². The van der Waals surface area contributed by atoms with Gasteiger partial charge >= 0.3 is 15.2 Å². The molecule has 1 aliphatic rings. The third-order valence-corrected chi connectivity index (χ3v) is 7.67. The van der Waals surface area contributed by atoms with Crippen molar-refractivity contribution < 1.29 is 32.0 Å². The highest BCUT2D eigenvalue weighted by molar-refractivity contribution is 7.54. The van der Waals surface area contributed by atoms with Gasteiger partial charge < -0.3 is 22.8 Å². The maximum atomic E-state index is 12.5. The van der Waals surface area contributed by atoms with Crippen LogP contribution >= 0.6 is 15.2 Å². The lowest BCUT2D eigenvalue weighted by Crippen LogP contribution is -2.20. The number of hydrogen-bond donors (Lipinski definition) is 0. The van der Waals surface area contributed by atoms with Crippen LogP contribution in [0.2, 0.25) is 0 Å². The number of hydrogen-bond acceptors (Lipinski definition) is 7. The van der Waals surface area contributed by atoms with Gasteiger partial charge in [-0.2, -0.15) is 0 Å². The first-order valence-corrected chi connectivity index (χ1v) is 11.8. The van der Waals surface area contributed by atoms with Crippen LogP contribution < -0.4 is 0 Å². The Balaban J connectivity index is 2.57. The van der Waals surface area contributed by atoms with Crippen molar-refractivity contribution in [3.63, 3.8) is 0 Å². The second kappa shape index (κ2) is 10.3. The molecule has 0 spiro atoms. The summed E-state index contributed by atoms with van der Waals surface area (Å²) in [5.41, 5.74) is 0. The predicted octanol–water partition coefficient (Wildman–Crippen LogP) is 4.07. The fourth-order valence-corrected chi connectivity index (χ4v) is 6.30. The Labute approximate surface area is 139 Å². The molecule has 9 heteroatoms. The second-order valence-electron chi connectivity index (χ2n) is 5.22. The first-order chi connectivity index (χ1) is 10.9. The molecule has 0 bridgehead atoms. The monoisotopic (exact) mass is 372 g/mol. The van der Waals surface area contributed by atoms with Gasteiger partial charge in [0.15, 0.2) is 0 Å². The standard InChI is InChI=1S/C14H30O7P2/c1-5-17-22(15,18-6-2)11-13-9-10-14(21-13)12-23(16,19-7-3)20-8-4/h13-14H,5-12H2,1-4H3/t13-,14-/m0/s1. The lowest BCUT2D eigenvalue weighted by atomic mass is 10.2. The molecule has 1 aliphatic heterocycles. The third kappa shape index (κ3) is 7.35. The largest absolute Gasteiger partial charge is 0.374 e. The van der Waals surface area contributed by atoms with E-state index in [0.717, 1.165) is 12.8 Å². The van der Waals surface area contributed by atoms with Crippen LogP contribution in [0.1, 0.15) is 40.5 Å². The van der Waals surface area contributed by atoms with Gasteiger partial charge in [-0.1, -0.05) is 0 Å². The quantitative estimate of drug-likeness (QED) is 0.478. The summed E-state index contributed by atoms with van der Waals surface area (Å²) in [6, 6.07) is 0. The highest BCUT2D eigenvalue weighted by atomic mass is 31.2. The first kappa shape index (κ1) is 21.3. The van der Waals surface area contributed by atoms with Gasteiger partial charge in [-0.3, -0.25) is 9.13 Å². The average Bonchev–Trinajstić information content (AvgIpc) is 2.85. The van der Waals surface area contributed by atoms with Crippen LogP contribution in [0, 0.1) is 0 Å². The summed E-state index contributed by atoms with van der Waals surface area (Å²) < 4.78 is 52.1. The molecular formula is C14H30O7P2. The lowest BCUT2D eigenvalue weighted by Gasteiger charge is -2.22. The van der Waals surface area contributed by atoms with Gasteiger partial charge in [0.2, 0.25) is 0 Å². The van der Waals surface area contributed by atoms with E-state index in [2.05, 4.69) is 0 Å². The number of ether oxygens (including phenoxy) is 1. The first-order valence-electron chi connectivity index (χ1n) is 8.32. The fourth-order valence-electron chi connectivity index (χ4n) is 2.62. The van der Waals surface area contributed by atoms with Crippen molar-refractivity contribution in [1.82, 2.24) is 0 Å². The topological polar surface area (TPSA) is 80.3 Å². The Morgan fingerprint density at radius 1 is 0.739 bits per heavy atom. The molecule has 138 valence electrons. The van der Waals surface area contributed by atoms with Crippen LogP contribution in [-0.2, 0) is 32.0 Å². The van der Waals surface area contributed by atoms with Crippen molar-refractivity contribution in [2.24, 2.45) is 0 Å². The van der Waals surface area contributed by atoms with Crippen molar-refractivity contribution in [2.45, 2.75) is 52.7 Å². The normalized spacial score (nSPS) is 22.6. The Bertz CT molecular complexity index is 371. The molecule has 1 saturated heterocycles. The smallest absolute Gasteiger partial charge is 0.333 e. The Hall–Kier alpha value is 0.260. The van der Waals surface area contributed by atoms with Crippen molar-refractivity contribution in [1.29, 1.82) is 0 Å². The van der Waals surface area contributed by atoms with Gasteiger partial charge in [-0.05, 0) is 40.5 Å². The molecule has 0 amide bonds. The van der Waals surface area contributed by atoms with Crippen LogP contribution in [0.25, 0.3) is 0 Å². The maximum absolute atomic E-state index is 12.5. The molecule has 1 rings (SSSR count). The van der Waals surface area contributed by atoms with Crippen molar-refractivity contribution in [3.8, 4) is 0 Å². The molecule has 0 aromatic heterocycles. The van der Waals surface area contributed by atoms with E-state index in [-0.39, 0.29) is 24.5 Å². The zero-order valence-corrected chi connectivity index (χ0v) is 16.4. The van der Waals surface area contributed by atoms with Gasteiger partial charge in [0.1, 0.15) is 0 Å². The van der Waals surface area contributed by atoms with E-state index in [1.165, 1.54) is 0 Å². The van der Waals surface area contributed by atoms with E-state index < -0.39 is 15.2 Å². The molecule has 1 fully saturated rings. The Morgan fingerprint density at radius 3 is 1.30 bits per heavy atom. The van der Waals surface area contributed by atoms with E-state index >= 15 is 0 Å². The van der Waals surface area contributed by atoms with E-state index in [4.69, 9.17) is 22.8 Å². The van der Waals surface area contributed by atoms with E-state index in [1.807, 2.05) is 0 Å². The molecule has 0 N–H and O–H groups in total. The molecule has 0 unspecified atom stereocenters. The van der Waals surface area contributed by atoms with Crippen LogP contribution in [0.15, 0.2) is 0 Å². The maximum Gasteiger partial charge on any atom is 0.333 e. The summed E-state index contributed by atoms with van der Waals surface area (Å²) in [5.74, 6) is 0. The molecular weight excluding hydrogens is 342 g/mol. The molecule has 1 heterocycles. The Kier molecular flexibility index (Phi) is 9.54. The third-order valence-electron chi connectivity index (χ3n) is 3.35. The van der Waals surface area contributed by atoms with E-state index in [9.17, 15) is 9.13 Å². The van der Waals surface area contributed by atoms with Gasteiger partial charge in [0, 0.05) is 0 Å². The molecule has 0 aliphatic carbocycles. The second-order valence-corrected chi connectivity index (χ2v) is 9.42. The van der Waals surface area contributed by atoms with Crippen LogP contribution in [-0.4, -0.2) is 51.0 Å². The number of rotatable bonds is 12. The molecule has 7 nitrogen and oxygen atoms in total. The summed E-state index contributed by atoms with van der Waals surface area (Å²) in [6.07, 6.45) is 1.46. The predicted molar refractivity (Wildman–Crippen MR) is 89.3 cm³/mol.